The molecule has 1 saturated heterocycles. The van der Waals surface area contributed by atoms with Gasteiger partial charge in [0.05, 0.1) is 22.8 Å². The van der Waals surface area contributed by atoms with Gasteiger partial charge in [-0.15, -0.1) is 0 Å². The van der Waals surface area contributed by atoms with Crippen LogP contribution in [0.15, 0.2) is 60.8 Å². The lowest BCUT2D eigenvalue weighted by atomic mass is 10.1. The third-order valence-electron chi connectivity index (χ3n) is 5.87. The predicted octanol–water partition coefficient (Wildman–Crippen LogP) is 5.38. The maximum Gasteiger partial charge on any atom is 0.416 e. The number of halogens is 5. The Bertz CT molecular complexity index is 1510. The Hall–Kier alpha value is -4.32. The van der Waals surface area contributed by atoms with Crippen molar-refractivity contribution in [2.75, 3.05) is 36.4 Å². The quantitative estimate of drug-likeness (QED) is 0.338. The number of piperazine rings is 1. The second-order valence-electron chi connectivity index (χ2n) is 8.52. The number of fused-ring (bicyclic) bond motifs is 1. The summed E-state index contributed by atoms with van der Waals surface area (Å²) in [6, 6.07) is 10.1. The van der Waals surface area contributed by atoms with Gasteiger partial charge in [0.15, 0.2) is 11.6 Å². The van der Waals surface area contributed by atoms with E-state index in [0.29, 0.717) is 29.0 Å². The summed E-state index contributed by atoms with van der Waals surface area (Å²) in [5.74, 6) is -3.27. The van der Waals surface area contributed by atoms with E-state index in [1.54, 1.807) is 12.3 Å². The first-order chi connectivity index (χ1) is 18.2. The summed E-state index contributed by atoms with van der Waals surface area (Å²) < 4.78 is 73.4. The summed E-state index contributed by atoms with van der Waals surface area (Å²) in [6.45, 7) is 3.16. The number of rotatable bonds is 5. The Balaban J connectivity index is 1.38. The fourth-order valence-corrected chi connectivity index (χ4v) is 3.97. The molecule has 0 aliphatic carbocycles. The molecule has 1 aliphatic rings. The van der Waals surface area contributed by atoms with Gasteiger partial charge >= 0.3 is 6.18 Å². The molecule has 2 N–H and O–H groups in total. The van der Waals surface area contributed by atoms with E-state index in [2.05, 4.69) is 25.5 Å². The monoisotopic (exact) mass is 529 g/mol. The molecule has 1 amide bonds. The Morgan fingerprint density at radius 2 is 1.79 bits per heavy atom. The molecule has 1 aromatic heterocycles. The average Bonchev–Trinajstić information content (AvgIpc) is 2.91. The number of amides is 1. The van der Waals surface area contributed by atoms with Crippen molar-refractivity contribution in [3.63, 3.8) is 0 Å². The number of hydrogen-bond donors (Lipinski definition) is 2. The van der Waals surface area contributed by atoms with Crippen molar-refractivity contribution in [1.82, 2.24) is 15.3 Å². The highest BCUT2D eigenvalue weighted by molar-refractivity contribution is 6.04. The number of nitrogens with zero attached hydrogens (tertiary/aromatic N) is 3. The number of alkyl halides is 3. The van der Waals surface area contributed by atoms with Crippen LogP contribution in [0.25, 0.3) is 11.0 Å². The van der Waals surface area contributed by atoms with Crippen LogP contribution in [0.2, 0.25) is 0 Å². The third-order valence-corrected chi connectivity index (χ3v) is 5.87. The molecule has 1 fully saturated rings. The van der Waals surface area contributed by atoms with Gasteiger partial charge in [-0.3, -0.25) is 9.78 Å². The summed E-state index contributed by atoms with van der Waals surface area (Å²) >= 11 is 0. The highest BCUT2D eigenvalue weighted by Crippen LogP contribution is 2.32. The van der Waals surface area contributed by atoms with Gasteiger partial charge < -0.3 is 20.3 Å². The lowest BCUT2D eigenvalue weighted by Crippen LogP contribution is -2.43. The average molecular weight is 529 g/mol. The number of nitrogens with one attached hydrogen (secondary N) is 2. The molecule has 0 radical (unpaired) electrons. The molecule has 0 saturated carbocycles. The van der Waals surface area contributed by atoms with Crippen LogP contribution < -0.4 is 20.3 Å². The van der Waals surface area contributed by atoms with E-state index < -0.39 is 35.0 Å². The Morgan fingerprint density at radius 1 is 1.00 bits per heavy atom. The topological polar surface area (TPSA) is 79.4 Å². The second kappa shape index (κ2) is 10.2. The third kappa shape index (κ3) is 5.49. The zero-order valence-electron chi connectivity index (χ0n) is 19.6. The maximum absolute atomic E-state index is 14.6. The van der Waals surface area contributed by atoms with Crippen LogP contribution in [-0.4, -0.2) is 42.1 Å². The van der Waals surface area contributed by atoms with Crippen molar-refractivity contribution in [3.05, 3.63) is 83.6 Å². The van der Waals surface area contributed by atoms with Crippen LogP contribution in [0.3, 0.4) is 0 Å². The maximum atomic E-state index is 14.6. The summed E-state index contributed by atoms with van der Waals surface area (Å²) in [4.78, 5) is 23.6. The van der Waals surface area contributed by atoms with Gasteiger partial charge in [-0.05, 0) is 30.3 Å². The molecule has 12 heteroatoms. The van der Waals surface area contributed by atoms with Gasteiger partial charge in [0.25, 0.3) is 5.91 Å². The number of benzene rings is 3. The van der Waals surface area contributed by atoms with E-state index in [1.165, 1.54) is 18.2 Å². The fourth-order valence-electron chi connectivity index (χ4n) is 3.97. The first-order valence-electron chi connectivity index (χ1n) is 11.6. The number of anilines is 2. The summed E-state index contributed by atoms with van der Waals surface area (Å²) in [5, 5.41) is 5.53. The van der Waals surface area contributed by atoms with Crippen LogP contribution in [0.5, 0.6) is 11.5 Å². The van der Waals surface area contributed by atoms with E-state index in [-0.39, 0.29) is 17.0 Å². The molecule has 0 bridgehead atoms. The number of hydrogen-bond acceptors (Lipinski definition) is 6. The zero-order valence-corrected chi connectivity index (χ0v) is 19.6. The molecule has 0 atom stereocenters. The molecular weight excluding hydrogens is 509 g/mol. The van der Waals surface area contributed by atoms with Crippen molar-refractivity contribution >= 4 is 28.4 Å². The molecule has 1 aliphatic heterocycles. The van der Waals surface area contributed by atoms with Crippen molar-refractivity contribution < 1.29 is 31.5 Å². The van der Waals surface area contributed by atoms with E-state index in [4.69, 9.17) is 4.74 Å². The van der Waals surface area contributed by atoms with Gasteiger partial charge in [0.2, 0.25) is 5.82 Å². The van der Waals surface area contributed by atoms with Gasteiger partial charge in [-0.1, -0.05) is 6.07 Å². The number of aromatic nitrogens is 2. The Kier molecular flexibility index (Phi) is 6.81. The molecule has 38 heavy (non-hydrogen) atoms. The summed E-state index contributed by atoms with van der Waals surface area (Å²) in [5.41, 5.74) is -0.472. The first-order valence-corrected chi connectivity index (χ1v) is 11.6. The van der Waals surface area contributed by atoms with Crippen molar-refractivity contribution in [2.24, 2.45) is 0 Å². The number of ether oxygens (including phenoxy) is 1. The molecule has 5 rings (SSSR count). The van der Waals surface area contributed by atoms with E-state index in [0.717, 1.165) is 44.4 Å². The standard InChI is InChI=1S/C26H20F5N5O2/c27-19-11-17(34-25(37)15-2-1-3-16(10-15)26(29,30)31)12-22(24(19)28)38-18-4-5-20-21(13-18)35-23(14-33-20)36-8-6-32-7-9-36/h1-5,10-14,32H,6-9H2,(H,34,37). The second-order valence-corrected chi connectivity index (χ2v) is 8.52. The van der Waals surface area contributed by atoms with Crippen LogP contribution in [0.4, 0.5) is 33.5 Å². The molecule has 7 nitrogen and oxygen atoms in total. The smallest absolute Gasteiger partial charge is 0.416 e. The lowest BCUT2D eigenvalue weighted by Gasteiger charge is -2.28. The van der Waals surface area contributed by atoms with Crippen LogP contribution in [0, 0.1) is 11.6 Å². The molecule has 0 spiro atoms. The first kappa shape index (κ1) is 25.3. The molecule has 0 unspecified atom stereocenters. The summed E-state index contributed by atoms with van der Waals surface area (Å²) in [6.07, 6.45) is -2.98. The number of carbonyl (C=O) groups excluding carboxylic acids is 1. The van der Waals surface area contributed by atoms with E-state index in [9.17, 15) is 26.7 Å². The zero-order chi connectivity index (χ0) is 26.9. The summed E-state index contributed by atoms with van der Waals surface area (Å²) in [7, 11) is 0. The van der Waals surface area contributed by atoms with Crippen molar-refractivity contribution in [3.8, 4) is 11.5 Å². The highest BCUT2D eigenvalue weighted by atomic mass is 19.4. The number of carbonyl (C=O) groups is 1. The minimum Gasteiger partial charge on any atom is -0.454 e. The van der Waals surface area contributed by atoms with Gasteiger partial charge in [0, 0.05) is 55.6 Å². The minimum absolute atomic E-state index is 0.143. The van der Waals surface area contributed by atoms with Gasteiger partial charge in [-0.25, -0.2) is 9.37 Å². The fraction of sp³-hybridized carbons (Fsp3) is 0.192. The normalized spacial score (nSPS) is 14.0. The van der Waals surface area contributed by atoms with Gasteiger partial charge in [0.1, 0.15) is 11.6 Å². The van der Waals surface area contributed by atoms with E-state index in [1.807, 2.05) is 0 Å². The SMILES string of the molecule is O=C(Nc1cc(F)c(F)c(Oc2ccc3ncc(N4CCNCC4)nc3c2)c1)c1cccc(C(F)(F)F)c1. The van der Waals surface area contributed by atoms with Crippen molar-refractivity contribution in [2.45, 2.75) is 6.18 Å². The van der Waals surface area contributed by atoms with E-state index >= 15 is 0 Å². The molecular formula is C26H20F5N5O2. The molecule has 3 aromatic carbocycles. The Labute approximate surface area is 213 Å². The highest BCUT2D eigenvalue weighted by Gasteiger charge is 2.31. The molecule has 2 heterocycles. The molecule has 196 valence electrons. The largest absolute Gasteiger partial charge is 0.454 e. The Morgan fingerprint density at radius 3 is 2.55 bits per heavy atom. The minimum atomic E-state index is -4.64. The van der Waals surface area contributed by atoms with Gasteiger partial charge in [-0.2, -0.15) is 17.6 Å². The van der Waals surface area contributed by atoms with Crippen LogP contribution >= 0.6 is 0 Å². The van der Waals surface area contributed by atoms with Crippen LogP contribution in [-0.2, 0) is 6.18 Å². The van der Waals surface area contributed by atoms with Crippen LogP contribution in [0.1, 0.15) is 15.9 Å². The van der Waals surface area contributed by atoms with Crippen molar-refractivity contribution in [1.29, 1.82) is 0 Å². The molecule has 4 aromatic rings. The lowest BCUT2D eigenvalue weighted by molar-refractivity contribution is -0.137. The predicted molar refractivity (Wildman–Crippen MR) is 130 cm³/mol.